The van der Waals surface area contributed by atoms with E-state index in [9.17, 15) is 0 Å². The number of likely N-dealkylation sites (N-methyl/N-ethyl adjacent to an activating group) is 1. The molecule has 3 atom stereocenters. The van der Waals surface area contributed by atoms with Gasteiger partial charge in [0, 0.05) is 25.2 Å². The molecule has 0 aromatic carbocycles. The van der Waals surface area contributed by atoms with Gasteiger partial charge in [-0.1, -0.05) is 20.3 Å². The minimum absolute atomic E-state index is 0.810. The van der Waals surface area contributed by atoms with E-state index < -0.39 is 0 Å². The molecule has 15 heavy (non-hydrogen) atoms. The summed E-state index contributed by atoms with van der Waals surface area (Å²) in [5.74, 6) is 1.04. The monoisotopic (exact) mass is 210 g/mol. The maximum atomic E-state index is 3.53. The normalized spacial score (nSPS) is 32.4. The van der Waals surface area contributed by atoms with Gasteiger partial charge in [0.2, 0.25) is 0 Å². The molecule has 2 nitrogen and oxygen atoms in total. The minimum atomic E-state index is 0.810. The lowest BCUT2D eigenvalue weighted by molar-refractivity contribution is 0.138. The highest BCUT2D eigenvalue weighted by atomic mass is 15.2. The summed E-state index contributed by atoms with van der Waals surface area (Å²) in [6.45, 7) is 8.23. The number of rotatable bonds is 6. The Kier molecular flexibility index (Phi) is 4.04. The Bertz CT molecular complexity index is 193. The van der Waals surface area contributed by atoms with E-state index >= 15 is 0 Å². The van der Waals surface area contributed by atoms with E-state index in [1.165, 1.54) is 45.2 Å². The van der Waals surface area contributed by atoms with Gasteiger partial charge in [0.25, 0.3) is 0 Å². The Hall–Kier alpha value is -0.0800. The fourth-order valence-corrected chi connectivity index (χ4v) is 3.44. The minimum Gasteiger partial charge on any atom is -0.315 e. The van der Waals surface area contributed by atoms with Gasteiger partial charge in [-0.3, -0.25) is 4.90 Å². The van der Waals surface area contributed by atoms with Crippen LogP contribution in [0.2, 0.25) is 0 Å². The zero-order chi connectivity index (χ0) is 10.7. The fraction of sp³-hybridized carbons (Fsp3) is 1.00. The predicted molar refractivity (Wildman–Crippen MR) is 65.1 cm³/mol. The third kappa shape index (κ3) is 2.54. The van der Waals surface area contributed by atoms with Crippen molar-refractivity contribution >= 4 is 0 Å². The third-order valence-electron chi connectivity index (χ3n) is 4.17. The highest BCUT2D eigenvalue weighted by Crippen LogP contribution is 2.38. The standard InChI is InChI=1S/C13H26N2/c1-3-5-13(9-14-4-2)15-10-11-6-7-12(15)8-11/h11-14H,3-10H2,1-2H3. The van der Waals surface area contributed by atoms with Crippen molar-refractivity contribution in [1.29, 1.82) is 0 Å². The maximum Gasteiger partial charge on any atom is 0.0223 e. The average Bonchev–Trinajstić information content (AvgIpc) is 2.85. The molecule has 1 saturated carbocycles. The molecule has 2 fully saturated rings. The van der Waals surface area contributed by atoms with Crippen molar-refractivity contribution < 1.29 is 0 Å². The van der Waals surface area contributed by atoms with Crippen LogP contribution in [0.3, 0.4) is 0 Å². The van der Waals surface area contributed by atoms with Gasteiger partial charge >= 0.3 is 0 Å². The molecule has 0 aromatic rings. The Balaban J connectivity index is 1.86. The summed E-state index contributed by atoms with van der Waals surface area (Å²) in [5, 5.41) is 3.53. The molecule has 2 bridgehead atoms. The molecule has 1 aliphatic heterocycles. The van der Waals surface area contributed by atoms with E-state index in [4.69, 9.17) is 0 Å². The molecule has 2 rings (SSSR count). The number of likely N-dealkylation sites (tertiary alicyclic amines) is 1. The molecule has 1 heterocycles. The van der Waals surface area contributed by atoms with E-state index in [1.807, 2.05) is 0 Å². The molecule has 1 aliphatic carbocycles. The smallest absolute Gasteiger partial charge is 0.0223 e. The summed E-state index contributed by atoms with van der Waals surface area (Å²) in [6, 6.07) is 1.75. The quantitative estimate of drug-likeness (QED) is 0.723. The third-order valence-corrected chi connectivity index (χ3v) is 4.17. The van der Waals surface area contributed by atoms with Crippen LogP contribution in [0.15, 0.2) is 0 Å². The van der Waals surface area contributed by atoms with Crippen LogP contribution >= 0.6 is 0 Å². The largest absolute Gasteiger partial charge is 0.315 e. The van der Waals surface area contributed by atoms with Gasteiger partial charge < -0.3 is 5.32 Å². The molecule has 88 valence electrons. The van der Waals surface area contributed by atoms with Crippen LogP contribution in [0.4, 0.5) is 0 Å². The van der Waals surface area contributed by atoms with Gasteiger partial charge in [0.05, 0.1) is 0 Å². The van der Waals surface area contributed by atoms with Gasteiger partial charge in [-0.05, 0) is 38.1 Å². The first-order chi connectivity index (χ1) is 7.35. The maximum absolute atomic E-state index is 3.53. The van der Waals surface area contributed by atoms with Gasteiger partial charge in [-0.2, -0.15) is 0 Å². The van der Waals surface area contributed by atoms with Crippen molar-refractivity contribution in [2.75, 3.05) is 19.6 Å². The lowest BCUT2D eigenvalue weighted by Crippen LogP contribution is -2.46. The van der Waals surface area contributed by atoms with Crippen LogP contribution in [-0.4, -0.2) is 36.6 Å². The van der Waals surface area contributed by atoms with Crippen LogP contribution in [0.1, 0.15) is 46.0 Å². The molecule has 1 N–H and O–H groups in total. The highest BCUT2D eigenvalue weighted by Gasteiger charge is 2.40. The van der Waals surface area contributed by atoms with Crippen molar-refractivity contribution in [3.63, 3.8) is 0 Å². The molecule has 0 amide bonds. The van der Waals surface area contributed by atoms with Crippen molar-refractivity contribution in [1.82, 2.24) is 10.2 Å². The SMILES string of the molecule is CCCC(CNCC)N1CC2CCC1C2. The van der Waals surface area contributed by atoms with E-state index in [0.29, 0.717) is 0 Å². The van der Waals surface area contributed by atoms with Crippen LogP contribution in [0.5, 0.6) is 0 Å². The summed E-state index contributed by atoms with van der Waals surface area (Å²) >= 11 is 0. The fourth-order valence-electron chi connectivity index (χ4n) is 3.44. The topological polar surface area (TPSA) is 15.3 Å². The lowest BCUT2D eigenvalue weighted by Gasteiger charge is -2.35. The van der Waals surface area contributed by atoms with Crippen molar-refractivity contribution in [3.05, 3.63) is 0 Å². The molecule has 0 radical (unpaired) electrons. The van der Waals surface area contributed by atoms with Gasteiger partial charge in [-0.15, -0.1) is 0 Å². The summed E-state index contributed by atoms with van der Waals surface area (Å²) in [6.07, 6.45) is 7.16. The second-order valence-electron chi connectivity index (χ2n) is 5.28. The Morgan fingerprint density at radius 3 is 2.73 bits per heavy atom. The van der Waals surface area contributed by atoms with Gasteiger partial charge in [0.15, 0.2) is 0 Å². The zero-order valence-electron chi connectivity index (χ0n) is 10.3. The van der Waals surface area contributed by atoms with Gasteiger partial charge in [-0.25, -0.2) is 0 Å². The predicted octanol–water partition coefficient (Wildman–Crippen LogP) is 2.25. The van der Waals surface area contributed by atoms with Crippen molar-refractivity contribution in [2.24, 2.45) is 5.92 Å². The molecule has 2 heteroatoms. The van der Waals surface area contributed by atoms with E-state index in [0.717, 1.165) is 24.5 Å². The number of fused-ring (bicyclic) bond motifs is 2. The lowest BCUT2D eigenvalue weighted by atomic mass is 10.0. The van der Waals surface area contributed by atoms with Crippen LogP contribution in [0, 0.1) is 5.92 Å². The summed E-state index contributed by atoms with van der Waals surface area (Å²) in [4.78, 5) is 2.81. The van der Waals surface area contributed by atoms with E-state index in [2.05, 4.69) is 24.1 Å². The first-order valence-corrected chi connectivity index (χ1v) is 6.81. The number of hydrogen-bond acceptors (Lipinski definition) is 2. The first-order valence-electron chi connectivity index (χ1n) is 6.81. The number of nitrogens with one attached hydrogen (secondary N) is 1. The van der Waals surface area contributed by atoms with Crippen LogP contribution in [-0.2, 0) is 0 Å². The van der Waals surface area contributed by atoms with E-state index in [-0.39, 0.29) is 0 Å². The highest BCUT2D eigenvalue weighted by molar-refractivity contribution is 4.95. The second-order valence-corrected chi connectivity index (χ2v) is 5.28. The summed E-state index contributed by atoms with van der Waals surface area (Å²) < 4.78 is 0. The van der Waals surface area contributed by atoms with Crippen LogP contribution in [0.25, 0.3) is 0 Å². The number of nitrogens with zero attached hydrogens (tertiary/aromatic N) is 1. The number of piperidine rings is 1. The molecular weight excluding hydrogens is 184 g/mol. The van der Waals surface area contributed by atoms with Crippen LogP contribution < -0.4 is 5.32 Å². The van der Waals surface area contributed by atoms with Crippen molar-refractivity contribution in [2.45, 2.75) is 58.0 Å². The Morgan fingerprint density at radius 2 is 2.20 bits per heavy atom. The van der Waals surface area contributed by atoms with Gasteiger partial charge in [0.1, 0.15) is 0 Å². The molecule has 2 aliphatic rings. The molecule has 0 spiro atoms. The molecule has 1 saturated heterocycles. The van der Waals surface area contributed by atoms with E-state index in [1.54, 1.807) is 0 Å². The summed E-state index contributed by atoms with van der Waals surface area (Å²) in [5.41, 5.74) is 0. The molecular formula is C13H26N2. The Labute approximate surface area is 94.4 Å². The summed E-state index contributed by atoms with van der Waals surface area (Å²) in [7, 11) is 0. The number of hydrogen-bond donors (Lipinski definition) is 1. The zero-order valence-corrected chi connectivity index (χ0v) is 10.3. The second kappa shape index (κ2) is 5.31. The average molecular weight is 210 g/mol. The Morgan fingerprint density at radius 1 is 1.33 bits per heavy atom. The molecule has 3 unspecified atom stereocenters. The van der Waals surface area contributed by atoms with Crippen molar-refractivity contribution in [3.8, 4) is 0 Å². The first kappa shape index (κ1) is 11.4. The molecule has 0 aromatic heterocycles.